The van der Waals surface area contributed by atoms with Gasteiger partial charge >= 0.3 is 6.09 Å². The maximum atomic E-state index is 11.9. The molecular formula is C14H19ClN2O3. The lowest BCUT2D eigenvalue weighted by atomic mass is 10.1. The van der Waals surface area contributed by atoms with Crippen LogP contribution in [0.4, 0.5) is 10.5 Å². The normalized spacial score (nSPS) is 11.1. The third kappa shape index (κ3) is 5.19. The zero-order valence-corrected chi connectivity index (χ0v) is 12.6. The smallest absolute Gasteiger partial charge is 0.412 e. The molecule has 0 aliphatic carbocycles. The Morgan fingerprint density at radius 2 is 2.00 bits per heavy atom. The molecule has 1 rings (SSSR count). The summed E-state index contributed by atoms with van der Waals surface area (Å²) in [7, 11) is 0. The molecule has 0 radical (unpaired) electrons. The maximum absolute atomic E-state index is 11.9. The summed E-state index contributed by atoms with van der Waals surface area (Å²) in [6.07, 6.45) is -0.438. The number of nitrogens with one attached hydrogen (secondary N) is 1. The molecule has 0 aromatic heterocycles. The van der Waals surface area contributed by atoms with E-state index in [9.17, 15) is 9.59 Å². The molecule has 1 aromatic rings. The summed E-state index contributed by atoms with van der Waals surface area (Å²) in [6, 6.07) is 4.66. The van der Waals surface area contributed by atoms with E-state index in [2.05, 4.69) is 5.32 Å². The highest BCUT2D eigenvalue weighted by Crippen LogP contribution is 2.23. The Morgan fingerprint density at radius 3 is 2.55 bits per heavy atom. The molecule has 6 heteroatoms. The summed E-state index contributed by atoms with van der Waals surface area (Å²) in [5.74, 6) is -0.157. The Labute approximate surface area is 123 Å². The standard InChI is InChI=1S/C14H19ClN2O3/c1-14(2,3)20-13(19)17-11-8-9(15)4-5-10(11)12(18)6-7-16/h4-5,8H,6-7,16H2,1-3H3,(H,17,19). The first-order chi connectivity index (χ1) is 9.23. The van der Waals surface area contributed by atoms with Crippen molar-refractivity contribution in [2.24, 2.45) is 5.73 Å². The molecule has 20 heavy (non-hydrogen) atoms. The van der Waals surface area contributed by atoms with Crippen LogP contribution >= 0.6 is 11.6 Å². The van der Waals surface area contributed by atoms with Crippen LogP contribution in [0.15, 0.2) is 18.2 Å². The van der Waals surface area contributed by atoms with Crippen molar-refractivity contribution < 1.29 is 14.3 Å². The Hall–Kier alpha value is -1.59. The summed E-state index contributed by atoms with van der Waals surface area (Å²) < 4.78 is 5.15. The minimum absolute atomic E-state index is 0.157. The molecule has 0 unspecified atom stereocenters. The first-order valence-corrected chi connectivity index (χ1v) is 6.63. The second-order valence-corrected chi connectivity index (χ2v) is 5.72. The molecule has 0 spiro atoms. The third-order valence-corrected chi connectivity index (χ3v) is 2.52. The maximum Gasteiger partial charge on any atom is 0.412 e. The van der Waals surface area contributed by atoms with Crippen LogP contribution in [0.1, 0.15) is 37.6 Å². The van der Waals surface area contributed by atoms with E-state index in [-0.39, 0.29) is 18.7 Å². The van der Waals surface area contributed by atoms with Gasteiger partial charge in [0.2, 0.25) is 0 Å². The number of benzene rings is 1. The van der Waals surface area contributed by atoms with Crippen molar-refractivity contribution in [1.82, 2.24) is 0 Å². The molecule has 5 nitrogen and oxygen atoms in total. The number of amides is 1. The van der Waals surface area contributed by atoms with Crippen molar-refractivity contribution in [2.75, 3.05) is 11.9 Å². The molecule has 0 bridgehead atoms. The summed E-state index contributed by atoms with van der Waals surface area (Å²) in [5, 5.41) is 2.96. The van der Waals surface area contributed by atoms with E-state index in [1.165, 1.54) is 6.07 Å². The minimum atomic E-state index is -0.637. The van der Waals surface area contributed by atoms with Crippen LogP contribution < -0.4 is 11.1 Å². The zero-order valence-electron chi connectivity index (χ0n) is 11.8. The van der Waals surface area contributed by atoms with E-state index in [4.69, 9.17) is 22.1 Å². The van der Waals surface area contributed by atoms with Crippen LogP contribution in [0.2, 0.25) is 5.02 Å². The number of rotatable bonds is 4. The fourth-order valence-corrected chi connectivity index (χ4v) is 1.71. The summed E-state index contributed by atoms with van der Waals surface area (Å²) in [6.45, 7) is 5.51. The number of ether oxygens (including phenoxy) is 1. The minimum Gasteiger partial charge on any atom is -0.444 e. The summed E-state index contributed by atoms with van der Waals surface area (Å²) in [4.78, 5) is 23.7. The van der Waals surface area contributed by atoms with Gasteiger partial charge in [-0.2, -0.15) is 0 Å². The van der Waals surface area contributed by atoms with Crippen molar-refractivity contribution in [3.8, 4) is 0 Å². The van der Waals surface area contributed by atoms with Crippen LogP contribution in [0, 0.1) is 0 Å². The Balaban J connectivity index is 2.95. The fraction of sp³-hybridized carbons (Fsp3) is 0.429. The molecule has 0 saturated carbocycles. The zero-order chi connectivity index (χ0) is 15.3. The number of hydrogen-bond donors (Lipinski definition) is 2. The van der Waals surface area contributed by atoms with E-state index in [0.717, 1.165) is 0 Å². The van der Waals surface area contributed by atoms with Crippen molar-refractivity contribution in [3.05, 3.63) is 28.8 Å². The predicted molar refractivity (Wildman–Crippen MR) is 79.3 cm³/mol. The molecule has 0 fully saturated rings. The molecular weight excluding hydrogens is 280 g/mol. The van der Waals surface area contributed by atoms with Gasteiger partial charge in [0.1, 0.15) is 5.60 Å². The summed E-state index contributed by atoms with van der Waals surface area (Å²) >= 11 is 5.89. The van der Waals surface area contributed by atoms with Crippen molar-refractivity contribution in [3.63, 3.8) is 0 Å². The van der Waals surface area contributed by atoms with Gasteiger partial charge in [0.15, 0.2) is 5.78 Å². The highest BCUT2D eigenvalue weighted by atomic mass is 35.5. The largest absolute Gasteiger partial charge is 0.444 e. The average Bonchev–Trinajstić information content (AvgIpc) is 2.26. The second-order valence-electron chi connectivity index (χ2n) is 5.28. The molecule has 0 heterocycles. The predicted octanol–water partition coefficient (Wildman–Crippen LogP) is 3.22. The van der Waals surface area contributed by atoms with E-state index < -0.39 is 11.7 Å². The lowest BCUT2D eigenvalue weighted by Gasteiger charge is -2.20. The number of carbonyl (C=O) groups excluding carboxylic acids is 2. The third-order valence-electron chi connectivity index (χ3n) is 2.29. The monoisotopic (exact) mass is 298 g/mol. The first kappa shape index (κ1) is 16.5. The Kier molecular flexibility index (Phi) is 5.53. The highest BCUT2D eigenvalue weighted by Gasteiger charge is 2.19. The second kappa shape index (κ2) is 6.72. The van der Waals surface area contributed by atoms with Crippen molar-refractivity contribution >= 4 is 29.2 Å². The number of anilines is 1. The van der Waals surface area contributed by atoms with Gasteiger partial charge in [-0.25, -0.2) is 4.79 Å². The van der Waals surface area contributed by atoms with Crippen LogP contribution in [0.25, 0.3) is 0 Å². The number of halogens is 1. The molecule has 3 N–H and O–H groups in total. The molecule has 0 saturated heterocycles. The Morgan fingerprint density at radius 1 is 1.35 bits per heavy atom. The van der Waals surface area contributed by atoms with Crippen LogP contribution in [0.5, 0.6) is 0 Å². The van der Waals surface area contributed by atoms with Crippen LogP contribution in [-0.4, -0.2) is 24.0 Å². The number of ketones is 1. The molecule has 0 aliphatic heterocycles. The van der Waals surface area contributed by atoms with Crippen LogP contribution in [0.3, 0.4) is 0 Å². The van der Waals surface area contributed by atoms with Gasteiger partial charge < -0.3 is 10.5 Å². The number of hydrogen-bond acceptors (Lipinski definition) is 4. The van der Waals surface area contributed by atoms with Gasteiger partial charge in [0, 0.05) is 17.0 Å². The molecule has 0 atom stereocenters. The summed E-state index contributed by atoms with van der Waals surface area (Å²) in [5.41, 5.74) is 5.44. The van der Waals surface area contributed by atoms with Gasteiger partial charge in [-0.15, -0.1) is 0 Å². The van der Waals surface area contributed by atoms with Gasteiger partial charge in [-0.05, 0) is 45.5 Å². The molecule has 1 amide bonds. The van der Waals surface area contributed by atoms with Crippen molar-refractivity contribution in [2.45, 2.75) is 32.8 Å². The van der Waals surface area contributed by atoms with Crippen molar-refractivity contribution in [1.29, 1.82) is 0 Å². The van der Waals surface area contributed by atoms with E-state index in [1.54, 1.807) is 32.9 Å². The van der Waals surface area contributed by atoms with Gasteiger partial charge in [-0.3, -0.25) is 10.1 Å². The molecule has 110 valence electrons. The van der Waals surface area contributed by atoms with E-state index in [1.807, 2.05) is 0 Å². The van der Waals surface area contributed by atoms with Gasteiger partial charge in [0.25, 0.3) is 0 Å². The topological polar surface area (TPSA) is 81.4 Å². The molecule has 1 aromatic carbocycles. The quantitative estimate of drug-likeness (QED) is 0.836. The van der Waals surface area contributed by atoms with E-state index >= 15 is 0 Å². The number of nitrogens with two attached hydrogens (primary N) is 1. The number of carbonyl (C=O) groups is 2. The Bertz CT molecular complexity index is 510. The molecule has 0 aliphatic rings. The lowest BCUT2D eigenvalue weighted by Crippen LogP contribution is -2.27. The average molecular weight is 299 g/mol. The highest BCUT2D eigenvalue weighted by molar-refractivity contribution is 6.31. The van der Waals surface area contributed by atoms with Gasteiger partial charge in [0.05, 0.1) is 5.69 Å². The SMILES string of the molecule is CC(C)(C)OC(=O)Nc1cc(Cl)ccc1C(=O)CCN. The fourth-order valence-electron chi connectivity index (χ4n) is 1.54. The lowest BCUT2D eigenvalue weighted by molar-refractivity contribution is 0.0636. The number of Topliss-reactive ketones (excluding diaryl/α,β-unsaturated/α-hetero) is 1. The van der Waals surface area contributed by atoms with Gasteiger partial charge in [-0.1, -0.05) is 11.6 Å². The first-order valence-electron chi connectivity index (χ1n) is 6.26. The van der Waals surface area contributed by atoms with Crippen LogP contribution in [-0.2, 0) is 4.74 Å². The van der Waals surface area contributed by atoms with E-state index in [0.29, 0.717) is 16.3 Å².